The zero-order valence-electron chi connectivity index (χ0n) is 32.8. The van der Waals surface area contributed by atoms with Gasteiger partial charge in [-0.3, -0.25) is 39.1 Å². The van der Waals surface area contributed by atoms with Crippen LogP contribution in [0, 0.1) is 5.92 Å². The standard InChI is InChI=1S/C48H49N5O5/c54-43-17-16-42(45(55)49-43)53-47(57)40-26-34-28-52(29-35(34)27-41(40)48(53)58)37-20-24-51(25-21-37)46(56)33-18-22-50(23-19-33)36-13-10-32(11-14-36)44-38-9-5-4-8-31(38)12-15-39(44)30-6-2-1-3-7-30/h1-11,13-14,26-27,33,37,39,42,44H,12,15-25,28-29H2,(H,49,54,55). The van der Waals surface area contributed by atoms with Crippen molar-refractivity contribution in [3.05, 3.63) is 136 Å². The van der Waals surface area contributed by atoms with Gasteiger partial charge in [-0.05, 0) is 109 Å². The normalized spacial score (nSPS) is 24.1. The zero-order chi connectivity index (χ0) is 39.5. The Labute approximate surface area is 339 Å². The molecule has 3 fully saturated rings. The number of anilines is 1. The van der Waals surface area contributed by atoms with Gasteiger partial charge in [0.25, 0.3) is 11.8 Å². The topological polar surface area (TPSA) is 110 Å². The Balaban J connectivity index is 0.728. The number of hydrogen-bond donors (Lipinski definition) is 1. The van der Waals surface area contributed by atoms with Crippen LogP contribution in [0.2, 0.25) is 0 Å². The van der Waals surface area contributed by atoms with Gasteiger partial charge in [0.15, 0.2) is 0 Å². The average molecular weight is 776 g/mol. The molecule has 1 aliphatic carbocycles. The fourth-order valence-electron chi connectivity index (χ4n) is 10.9. The molecule has 0 spiro atoms. The predicted octanol–water partition coefficient (Wildman–Crippen LogP) is 6.17. The second-order valence-corrected chi connectivity index (χ2v) is 17.2. The summed E-state index contributed by atoms with van der Waals surface area (Å²) in [5, 5.41) is 2.26. The number of piperidine rings is 3. The van der Waals surface area contributed by atoms with Crippen molar-refractivity contribution < 1.29 is 24.0 Å². The first-order valence-corrected chi connectivity index (χ1v) is 21.2. The summed E-state index contributed by atoms with van der Waals surface area (Å²) in [4.78, 5) is 72.7. The molecule has 10 heteroatoms. The summed E-state index contributed by atoms with van der Waals surface area (Å²) in [6.45, 7) is 4.58. The van der Waals surface area contributed by atoms with Crippen molar-refractivity contribution in [3.63, 3.8) is 0 Å². The summed E-state index contributed by atoms with van der Waals surface area (Å²) < 4.78 is 0. The molecule has 5 aliphatic heterocycles. The summed E-state index contributed by atoms with van der Waals surface area (Å²) in [6.07, 6.45) is 5.99. The highest BCUT2D eigenvalue weighted by molar-refractivity contribution is 6.23. The number of aryl methyl sites for hydroxylation is 1. The molecule has 4 aromatic rings. The van der Waals surface area contributed by atoms with Gasteiger partial charge in [0, 0.05) is 69.3 Å². The van der Waals surface area contributed by atoms with E-state index >= 15 is 0 Å². The molecule has 10 nitrogen and oxygen atoms in total. The molecule has 1 N–H and O–H groups in total. The van der Waals surface area contributed by atoms with E-state index < -0.39 is 23.8 Å². The van der Waals surface area contributed by atoms with Crippen molar-refractivity contribution >= 4 is 35.2 Å². The third-order valence-electron chi connectivity index (χ3n) is 14.0. The smallest absolute Gasteiger partial charge is 0.262 e. The lowest BCUT2D eigenvalue weighted by molar-refractivity contribution is -0.138. The number of nitrogens with zero attached hydrogens (tertiary/aromatic N) is 4. The molecule has 0 bridgehead atoms. The summed E-state index contributed by atoms with van der Waals surface area (Å²) in [5.41, 5.74) is 9.64. The van der Waals surface area contributed by atoms with Gasteiger partial charge in [-0.1, -0.05) is 66.7 Å². The van der Waals surface area contributed by atoms with Gasteiger partial charge in [-0.25, -0.2) is 0 Å². The maximum Gasteiger partial charge on any atom is 0.262 e. The molecule has 3 atom stereocenters. The molecular weight excluding hydrogens is 727 g/mol. The summed E-state index contributed by atoms with van der Waals surface area (Å²) >= 11 is 0. The van der Waals surface area contributed by atoms with Crippen molar-refractivity contribution in [2.75, 3.05) is 31.1 Å². The Hall–Kier alpha value is -5.61. The Morgan fingerprint density at radius 1 is 0.621 bits per heavy atom. The fraction of sp³-hybridized carbons (Fsp3) is 0.396. The van der Waals surface area contributed by atoms with Crippen LogP contribution in [0.25, 0.3) is 0 Å². The molecular formula is C48H49N5O5. The minimum absolute atomic E-state index is 0.0469. The Bertz CT molecular complexity index is 2250. The van der Waals surface area contributed by atoms with Crippen molar-refractivity contribution in [1.82, 2.24) is 20.0 Å². The van der Waals surface area contributed by atoms with Crippen molar-refractivity contribution in [3.8, 4) is 0 Å². The van der Waals surface area contributed by atoms with E-state index in [9.17, 15) is 24.0 Å². The molecule has 0 radical (unpaired) electrons. The SMILES string of the molecule is O=C1CCC(N2C(=O)c3cc4c(cc3C2=O)CN(C2CCN(C(=O)C3CCN(c5ccc(C6c7ccccc7CCC6c6ccccc6)cc5)CC3)CC2)C4)C(=O)N1. The van der Waals surface area contributed by atoms with Gasteiger partial charge in [0.05, 0.1) is 11.1 Å². The van der Waals surface area contributed by atoms with Crippen molar-refractivity contribution in [2.24, 2.45) is 5.92 Å². The molecule has 10 rings (SSSR count). The molecule has 296 valence electrons. The van der Waals surface area contributed by atoms with Crippen LogP contribution in [-0.4, -0.2) is 82.5 Å². The van der Waals surface area contributed by atoms with E-state index in [1.54, 1.807) is 0 Å². The van der Waals surface area contributed by atoms with Crippen molar-refractivity contribution in [2.45, 2.75) is 88.4 Å². The summed E-state index contributed by atoms with van der Waals surface area (Å²) in [6, 6.07) is 32.2. The van der Waals surface area contributed by atoms with E-state index in [-0.39, 0.29) is 30.6 Å². The molecule has 0 aromatic heterocycles. The van der Waals surface area contributed by atoms with Crippen LogP contribution in [0.1, 0.15) is 111 Å². The Kier molecular flexibility index (Phi) is 9.47. The van der Waals surface area contributed by atoms with E-state index in [0.717, 1.165) is 80.7 Å². The number of carbonyl (C=O) groups excluding carboxylic acids is 5. The number of amides is 5. The third-order valence-corrected chi connectivity index (χ3v) is 14.0. The lowest BCUT2D eigenvalue weighted by Crippen LogP contribution is -2.54. The van der Waals surface area contributed by atoms with Crippen LogP contribution in [0.5, 0.6) is 0 Å². The molecule has 3 unspecified atom stereocenters. The third kappa shape index (κ3) is 6.51. The van der Waals surface area contributed by atoms with Gasteiger partial charge in [-0.2, -0.15) is 0 Å². The number of rotatable bonds is 6. The van der Waals surface area contributed by atoms with E-state index in [1.807, 2.05) is 12.1 Å². The minimum Gasteiger partial charge on any atom is -0.371 e. The van der Waals surface area contributed by atoms with E-state index in [1.165, 1.54) is 27.9 Å². The first-order chi connectivity index (χ1) is 28.3. The van der Waals surface area contributed by atoms with Gasteiger partial charge < -0.3 is 9.80 Å². The average Bonchev–Trinajstić information content (AvgIpc) is 3.79. The lowest BCUT2D eigenvalue weighted by atomic mass is 9.69. The molecule has 5 amide bonds. The lowest BCUT2D eigenvalue weighted by Gasteiger charge is -2.40. The van der Waals surface area contributed by atoms with Gasteiger partial charge >= 0.3 is 0 Å². The highest BCUT2D eigenvalue weighted by atomic mass is 16.2. The fourth-order valence-corrected chi connectivity index (χ4v) is 10.9. The van der Waals surface area contributed by atoms with Crippen LogP contribution in [-0.2, 0) is 33.9 Å². The van der Waals surface area contributed by atoms with Crippen molar-refractivity contribution in [1.29, 1.82) is 0 Å². The predicted molar refractivity (Wildman–Crippen MR) is 219 cm³/mol. The quantitative estimate of drug-likeness (QED) is 0.234. The number of likely N-dealkylation sites (tertiary alicyclic amines) is 1. The second-order valence-electron chi connectivity index (χ2n) is 17.2. The first kappa shape index (κ1) is 36.7. The second kappa shape index (κ2) is 15.0. The molecule has 0 saturated carbocycles. The van der Waals surface area contributed by atoms with Crippen LogP contribution < -0.4 is 10.2 Å². The van der Waals surface area contributed by atoms with Gasteiger partial charge in [0.2, 0.25) is 17.7 Å². The molecule has 6 aliphatic rings. The van der Waals surface area contributed by atoms with Crippen LogP contribution in [0.3, 0.4) is 0 Å². The molecule has 58 heavy (non-hydrogen) atoms. The number of imide groups is 2. The summed E-state index contributed by atoms with van der Waals surface area (Å²) in [5.74, 6) is -0.812. The maximum absolute atomic E-state index is 13.8. The Morgan fingerprint density at radius 3 is 1.95 bits per heavy atom. The van der Waals surface area contributed by atoms with Gasteiger partial charge in [0.1, 0.15) is 6.04 Å². The first-order valence-electron chi connectivity index (χ1n) is 21.2. The summed E-state index contributed by atoms with van der Waals surface area (Å²) in [7, 11) is 0. The monoisotopic (exact) mass is 775 g/mol. The Morgan fingerprint density at radius 2 is 1.28 bits per heavy atom. The number of carbonyl (C=O) groups is 5. The number of nitrogens with one attached hydrogen (secondary N) is 1. The van der Waals surface area contributed by atoms with Crippen LogP contribution in [0.4, 0.5) is 5.69 Å². The maximum atomic E-state index is 13.8. The highest BCUT2D eigenvalue weighted by Gasteiger charge is 2.46. The minimum atomic E-state index is -0.964. The van der Waals surface area contributed by atoms with Crippen LogP contribution >= 0.6 is 0 Å². The molecule has 5 heterocycles. The van der Waals surface area contributed by atoms with E-state index in [4.69, 9.17) is 0 Å². The molecule has 4 aromatic carbocycles. The largest absolute Gasteiger partial charge is 0.371 e. The number of fused-ring (bicyclic) bond motifs is 3. The van der Waals surface area contributed by atoms with Crippen LogP contribution in [0.15, 0.2) is 91.0 Å². The van der Waals surface area contributed by atoms with E-state index in [2.05, 4.69) is 98.9 Å². The number of hydrogen-bond acceptors (Lipinski definition) is 7. The number of benzene rings is 4. The van der Waals surface area contributed by atoms with Gasteiger partial charge in [-0.15, -0.1) is 0 Å². The molecule has 3 saturated heterocycles. The highest BCUT2D eigenvalue weighted by Crippen LogP contribution is 2.46. The van der Waals surface area contributed by atoms with E-state index in [0.29, 0.717) is 42.1 Å². The zero-order valence-corrected chi connectivity index (χ0v) is 32.8.